The number of methoxy groups -OCH3 is 2. The van der Waals surface area contributed by atoms with Crippen LogP contribution in [0.15, 0.2) is 12.3 Å². The van der Waals surface area contributed by atoms with Crippen molar-refractivity contribution >= 4 is 5.97 Å². The fourth-order valence-electron chi connectivity index (χ4n) is 1.18. The summed E-state index contributed by atoms with van der Waals surface area (Å²) in [5.74, 6) is -0.953. The lowest BCUT2D eigenvalue weighted by Gasteiger charge is -2.12. The van der Waals surface area contributed by atoms with Gasteiger partial charge in [0, 0.05) is 12.3 Å². The number of alkyl halides is 3. The number of pyridine rings is 1. The van der Waals surface area contributed by atoms with Crippen molar-refractivity contribution in [1.29, 1.82) is 0 Å². The predicted octanol–water partition coefficient (Wildman–Crippen LogP) is 1.82. The maximum Gasteiger partial charge on any atom is 0.421 e. The number of ether oxygens (including phenoxy) is 2. The van der Waals surface area contributed by atoms with Crippen molar-refractivity contribution in [1.82, 2.24) is 4.98 Å². The second-order valence-corrected chi connectivity index (χ2v) is 3.13. The Hall–Kier alpha value is -1.79. The van der Waals surface area contributed by atoms with E-state index < -0.39 is 17.7 Å². The van der Waals surface area contributed by atoms with Gasteiger partial charge in [0.1, 0.15) is 11.3 Å². The average Bonchev–Trinajstić information content (AvgIpc) is 2.27. The molecule has 7 heteroatoms. The van der Waals surface area contributed by atoms with E-state index in [2.05, 4.69) is 14.5 Å². The first-order chi connectivity index (χ1) is 7.88. The molecule has 0 aromatic carbocycles. The molecule has 0 aliphatic heterocycles. The minimum atomic E-state index is -4.54. The third kappa shape index (κ3) is 3.33. The minimum absolute atomic E-state index is 0.154. The van der Waals surface area contributed by atoms with Crippen LogP contribution in [-0.4, -0.2) is 25.2 Å². The SMILES string of the molecule is COC(=O)Cc1cc(OC)c(C(F)(F)F)cn1. The Kier molecular flexibility index (Phi) is 3.93. The molecule has 1 aromatic rings. The van der Waals surface area contributed by atoms with E-state index in [-0.39, 0.29) is 17.9 Å². The molecule has 0 unspecified atom stereocenters. The van der Waals surface area contributed by atoms with Gasteiger partial charge in [0.2, 0.25) is 0 Å². The molecule has 0 amide bonds. The smallest absolute Gasteiger partial charge is 0.421 e. The van der Waals surface area contributed by atoms with Crippen molar-refractivity contribution in [3.8, 4) is 5.75 Å². The Morgan fingerprint density at radius 2 is 2.06 bits per heavy atom. The zero-order valence-corrected chi connectivity index (χ0v) is 9.17. The molecule has 0 N–H and O–H groups in total. The number of nitrogens with zero attached hydrogens (tertiary/aromatic N) is 1. The maximum absolute atomic E-state index is 12.5. The molecule has 1 heterocycles. The summed E-state index contributed by atoms with van der Waals surface area (Å²) in [5.41, 5.74) is -0.824. The van der Waals surface area contributed by atoms with Crippen LogP contribution < -0.4 is 4.74 Å². The van der Waals surface area contributed by atoms with Gasteiger partial charge in [-0.25, -0.2) is 0 Å². The standard InChI is InChI=1S/C10H10F3NO3/c1-16-8-3-6(4-9(15)17-2)14-5-7(8)10(11,12)13/h3,5H,4H2,1-2H3. The van der Waals surface area contributed by atoms with E-state index in [1.54, 1.807) is 0 Å². The monoisotopic (exact) mass is 249 g/mol. The first kappa shape index (κ1) is 13.3. The number of halogens is 3. The van der Waals surface area contributed by atoms with Crippen LogP contribution in [0.2, 0.25) is 0 Å². The molecule has 0 fully saturated rings. The summed E-state index contributed by atoms with van der Waals surface area (Å²) in [4.78, 5) is 14.5. The molecule has 1 aromatic heterocycles. The van der Waals surface area contributed by atoms with E-state index in [1.165, 1.54) is 7.11 Å². The molecule has 0 saturated heterocycles. The van der Waals surface area contributed by atoms with Gasteiger partial charge in [-0.1, -0.05) is 0 Å². The van der Waals surface area contributed by atoms with Gasteiger partial charge in [-0.15, -0.1) is 0 Å². The summed E-state index contributed by atoms with van der Waals surface area (Å²) in [7, 11) is 2.30. The number of rotatable bonds is 3. The second-order valence-electron chi connectivity index (χ2n) is 3.13. The van der Waals surface area contributed by atoms with E-state index in [1.807, 2.05) is 0 Å². The van der Waals surface area contributed by atoms with E-state index in [0.29, 0.717) is 6.20 Å². The van der Waals surface area contributed by atoms with Crippen molar-refractivity contribution in [2.24, 2.45) is 0 Å². The quantitative estimate of drug-likeness (QED) is 0.767. The van der Waals surface area contributed by atoms with E-state index in [4.69, 9.17) is 0 Å². The molecule has 0 atom stereocenters. The van der Waals surface area contributed by atoms with Gasteiger partial charge in [-0.3, -0.25) is 9.78 Å². The summed E-state index contributed by atoms with van der Waals surface area (Å²) in [6.45, 7) is 0. The lowest BCUT2D eigenvalue weighted by Crippen LogP contribution is -2.11. The van der Waals surface area contributed by atoms with Crippen molar-refractivity contribution in [3.05, 3.63) is 23.5 Å². The van der Waals surface area contributed by atoms with Gasteiger partial charge < -0.3 is 9.47 Å². The van der Waals surface area contributed by atoms with Crippen molar-refractivity contribution in [3.63, 3.8) is 0 Å². The Morgan fingerprint density at radius 3 is 2.53 bits per heavy atom. The fraction of sp³-hybridized carbons (Fsp3) is 0.400. The van der Waals surface area contributed by atoms with Crippen LogP contribution in [0.4, 0.5) is 13.2 Å². The predicted molar refractivity (Wildman–Crippen MR) is 51.5 cm³/mol. The number of hydrogen-bond acceptors (Lipinski definition) is 4. The molecule has 0 radical (unpaired) electrons. The highest BCUT2D eigenvalue weighted by atomic mass is 19.4. The van der Waals surface area contributed by atoms with Gasteiger partial charge in [0.05, 0.1) is 26.3 Å². The van der Waals surface area contributed by atoms with Crippen LogP contribution in [0.3, 0.4) is 0 Å². The summed E-state index contributed by atoms with van der Waals surface area (Å²) >= 11 is 0. The highest BCUT2D eigenvalue weighted by molar-refractivity contribution is 5.71. The minimum Gasteiger partial charge on any atom is -0.496 e. The number of carbonyl (C=O) groups is 1. The zero-order chi connectivity index (χ0) is 13.1. The molecule has 0 saturated carbocycles. The summed E-state index contributed by atoms with van der Waals surface area (Å²) in [6, 6.07) is 1.07. The molecule has 17 heavy (non-hydrogen) atoms. The zero-order valence-electron chi connectivity index (χ0n) is 9.17. The van der Waals surface area contributed by atoms with Crippen LogP contribution in [0.5, 0.6) is 5.75 Å². The summed E-state index contributed by atoms with van der Waals surface area (Å²) in [6.07, 6.45) is -4.11. The number of esters is 1. The van der Waals surface area contributed by atoms with Gasteiger partial charge in [-0.05, 0) is 0 Å². The molecule has 0 bridgehead atoms. The Bertz CT molecular complexity index is 418. The van der Waals surface area contributed by atoms with E-state index in [0.717, 1.165) is 13.2 Å². The lowest BCUT2D eigenvalue weighted by atomic mass is 10.2. The number of aromatic nitrogens is 1. The Labute approximate surface area is 95.4 Å². The highest BCUT2D eigenvalue weighted by Crippen LogP contribution is 2.35. The van der Waals surface area contributed by atoms with Gasteiger partial charge in [-0.2, -0.15) is 13.2 Å². The maximum atomic E-state index is 12.5. The fourth-order valence-corrected chi connectivity index (χ4v) is 1.18. The molecule has 4 nitrogen and oxygen atoms in total. The first-order valence-electron chi connectivity index (χ1n) is 4.55. The van der Waals surface area contributed by atoms with Crippen molar-refractivity contribution in [2.45, 2.75) is 12.6 Å². The van der Waals surface area contributed by atoms with Gasteiger partial charge in [0.15, 0.2) is 0 Å². The van der Waals surface area contributed by atoms with Crippen molar-refractivity contribution < 1.29 is 27.4 Å². The Morgan fingerprint density at radius 1 is 1.41 bits per heavy atom. The first-order valence-corrected chi connectivity index (χ1v) is 4.55. The van der Waals surface area contributed by atoms with Crippen LogP contribution in [0.1, 0.15) is 11.3 Å². The molecule has 1 rings (SSSR count). The van der Waals surface area contributed by atoms with Crippen LogP contribution in [0, 0.1) is 0 Å². The van der Waals surface area contributed by atoms with Crippen LogP contribution in [0.25, 0.3) is 0 Å². The lowest BCUT2D eigenvalue weighted by molar-refractivity contribution is -0.139. The normalized spacial score (nSPS) is 11.1. The van der Waals surface area contributed by atoms with E-state index in [9.17, 15) is 18.0 Å². The van der Waals surface area contributed by atoms with Gasteiger partial charge in [0.25, 0.3) is 0 Å². The molecular formula is C10H10F3NO3. The molecule has 0 aliphatic carbocycles. The average molecular weight is 249 g/mol. The number of carbonyl (C=O) groups excluding carboxylic acids is 1. The Balaban J connectivity index is 3.05. The van der Waals surface area contributed by atoms with Crippen molar-refractivity contribution in [2.75, 3.05) is 14.2 Å². The highest BCUT2D eigenvalue weighted by Gasteiger charge is 2.35. The van der Waals surface area contributed by atoms with Crippen LogP contribution in [-0.2, 0) is 22.1 Å². The molecule has 0 aliphatic rings. The summed E-state index contributed by atoms with van der Waals surface area (Å²) in [5, 5.41) is 0. The largest absolute Gasteiger partial charge is 0.496 e. The van der Waals surface area contributed by atoms with Gasteiger partial charge >= 0.3 is 12.1 Å². The third-order valence-electron chi connectivity index (χ3n) is 2.00. The van der Waals surface area contributed by atoms with Crippen LogP contribution >= 0.6 is 0 Å². The third-order valence-corrected chi connectivity index (χ3v) is 2.00. The summed E-state index contributed by atoms with van der Waals surface area (Å²) < 4.78 is 46.5. The molecule has 0 spiro atoms. The number of hydrogen-bond donors (Lipinski definition) is 0. The second kappa shape index (κ2) is 5.03. The molecule has 94 valence electrons. The topological polar surface area (TPSA) is 48.4 Å². The molecular weight excluding hydrogens is 239 g/mol. The van der Waals surface area contributed by atoms with E-state index >= 15 is 0 Å².